The molecule has 0 aliphatic carbocycles. The third-order valence-corrected chi connectivity index (χ3v) is 3.18. The van der Waals surface area contributed by atoms with Gasteiger partial charge < -0.3 is 20.5 Å². The fourth-order valence-corrected chi connectivity index (χ4v) is 2.12. The highest BCUT2D eigenvalue weighted by atomic mass is 16.5. The average molecular weight is 278 g/mol. The van der Waals surface area contributed by atoms with E-state index in [1.165, 1.54) is 0 Å². The lowest BCUT2D eigenvalue weighted by Crippen LogP contribution is -2.51. The van der Waals surface area contributed by atoms with Gasteiger partial charge in [-0.15, -0.1) is 0 Å². The molecule has 1 aliphatic rings. The van der Waals surface area contributed by atoms with Crippen molar-refractivity contribution < 1.29 is 19.4 Å². The highest BCUT2D eigenvalue weighted by Crippen LogP contribution is 2.09. The van der Waals surface area contributed by atoms with Gasteiger partial charge in [-0.1, -0.05) is 18.2 Å². The van der Waals surface area contributed by atoms with E-state index in [1.54, 1.807) is 24.3 Å². The topological polar surface area (TPSA) is 87.7 Å². The summed E-state index contributed by atoms with van der Waals surface area (Å²) in [5.74, 6) is -1.06. The van der Waals surface area contributed by atoms with Crippen LogP contribution >= 0.6 is 0 Å². The maximum absolute atomic E-state index is 11.8. The first-order valence-corrected chi connectivity index (χ1v) is 6.58. The number of aromatic carboxylic acids is 1. The van der Waals surface area contributed by atoms with Gasteiger partial charge in [0.2, 0.25) is 5.91 Å². The van der Waals surface area contributed by atoms with Crippen LogP contribution in [0.3, 0.4) is 0 Å². The van der Waals surface area contributed by atoms with Crippen molar-refractivity contribution in [2.45, 2.75) is 12.5 Å². The maximum Gasteiger partial charge on any atom is 0.335 e. The fourth-order valence-electron chi connectivity index (χ4n) is 2.12. The number of carboxylic acid groups (broad SMARTS) is 1. The molecule has 20 heavy (non-hydrogen) atoms. The highest BCUT2D eigenvalue weighted by molar-refractivity contribution is 5.89. The number of amides is 1. The van der Waals surface area contributed by atoms with Gasteiger partial charge >= 0.3 is 5.97 Å². The van der Waals surface area contributed by atoms with Crippen LogP contribution in [0.4, 0.5) is 0 Å². The lowest BCUT2D eigenvalue weighted by atomic mass is 10.0. The number of carboxylic acids is 1. The van der Waals surface area contributed by atoms with Crippen LogP contribution in [0.1, 0.15) is 15.9 Å². The van der Waals surface area contributed by atoms with E-state index in [0.717, 1.165) is 0 Å². The number of hydrogen-bond acceptors (Lipinski definition) is 4. The molecule has 1 aliphatic heterocycles. The molecule has 1 aromatic rings. The quantitative estimate of drug-likeness (QED) is 0.707. The van der Waals surface area contributed by atoms with Crippen LogP contribution in [-0.2, 0) is 16.0 Å². The number of benzene rings is 1. The van der Waals surface area contributed by atoms with Gasteiger partial charge in [0.05, 0.1) is 18.8 Å². The number of hydrogen-bond donors (Lipinski definition) is 3. The summed E-state index contributed by atoms with van der Waals surface area (Å²) < 4.78 is 5.22. The molecule has 0 aromatic heterocycles. The molecule has 0 saturated carbocycles. The largest absolute Gasteiger partial charge is 0.478 e. The Bertz CT molecular complexity index is 484. The molecule has 1 amide bonds. The summed E-state index contributed by atoms with van der Waals surface area (Å²) in [5.41, 5.74) is 0.994. The molecule has 6 heteroatoms. The Morgan fingerprint density at radius 3 is 2.90 bits per heavy atom. The van der Waals surface area contributed by atoms with Gasteiger partial charge in [0.15, 0.2) is 0 Å². The lowest BCUT2D eigenvalue weighted by molar-refractivity contribution is -0.125. The second-order valence-electron chi connectivity index (χ2n) is 4.58. The molecule has 108 valence electrons. The van der Waals surface area contributed by atoms with Crippen LogP contribution in [0.5, 0.6) is 0 Å². The molecular formula is C14H18N2O4. The van der Waals surface area contributed by atoms with Crippen LogP contribution in [0.2, 0.25) is 0 Å². The first-order valence-electron chi connectivity index (χ1n) is 6.58. The molecule has 1 fully saturated rings. The minimum Gasteiger partial charge on any atom is -0.478 e. The normalized spacial score (nSPS) is 18.5. The molecule has 1 aromatic carbocycles. The molecule has 6 nitrogen and oxygen atoms in total. The Balaban J connectivity index is 1.83. The van der Waals surface area contributed by atoms with Crippen LogP contribution < -0.4 is 10.6 Å². The Morgan fingerprint density at radius 2 is 2.20 bits per heavy atom. The Morgan fingerprint density at radius 1 is 1.40 bits per heavy atom. The molecule has 1 unspecified atom stereocenters. The zero-order chi connectivity index (χ0) is 14.4. The van der Waals surface area contributed by atoms with Gasteiger partial charge in [0, 0.05) is 13.1 Å². The first-order chi connectivity index (χ1) is 9.68. The van der Waals surface area contributed by atoms with Crippen LogP contribution in [0.25, 0.3) is 0 Å². The van der Waals surface area contributed by atoms with Gasteiger partial charge in [0.25, 0.3) is 0 Å². The smallest absolute Gasteiger partial charge is 0.335 e. The Labute approximate surface area is 117 Å². The Kier molecular flexibility index (Phi) is 5.09. The summed E-state index contributed by atoms with van der Waals surface area (Å²) in [6.45, 7) is 2.06. The zero-order valence-corrected chi connectivity index (χ0v) is 11.1. The average Bonchev–Trinajstić information content (AvgIpc) is 2.48. The number of morpholine rings is 1. The first kappa shape index (κ1) is 14.5. The molecule has 0 spiro atoms. The van der Waals surface area contributed by atoms with Gasteiger partial charge in [-0.05, 0) is 18.1 Å². The van der Waals surface area contributed by atoms with E-state index < -0.39 is 5.97 Å². The number of rotatable bonds is 5. The van der Waals surface area contributed by atoms with E-state index in [1.807, 2.05) is 0 Å². The molecule has 3 N–H and O–H groups in total. The predicted molar refractivity (Wildman–Crippen MR) is 72.7 cm³/mol. The standard InChI is InChI=1S/C14H18N2O4/c17-13(12-9-20-8-7-15-12)16-6-5-10-3-1-2-4-11(10)14(18)19/h1-4,12,15H,5-9H2,(H,16,17)(H,18,19). The van der Waals surface area contributed by atoms with E-state index in [4.69, 9.17) is 9.84 Å². The van der Waals surface area contributed by atoms with E-state index in [-0.39, 0.29) is 17.5 Å². The summed E-state index contributed by atoms with van der Waals surface area (Å²) in [7, 11) is 0. The van der Waals surface area contributed by atoms with Crippen molar-refractivity contribution >= 4 is 11.9 Å². The molecule has 1 heterocycles. The SMILES string of the molecule is O=C(O)c1ccccc1CCNC(=O)C1COCCN1. The molecule has 0 bridgehead atoms. The predicted octanol–water partition coefficient (Wildman–Crippen LogP) is 0.0319. The molecule has 2 rings (SSSR count). The van der Waals surface area contributed by atoms with Crippen molar-refractivity contribution in [2.75, 3.05) is 26.3 Å². The molecule has 1 atom stereocenters. The summed E-state index contributed by atoms with van der Waals surface area (Å²) in [6, 6.07) is 6.49. The lowest BCUT2D eigenvalue weighted by Gasteiger charge is -2.22. The molecule has 1 saturated heterocycles. The Hall–Kier alpha value is -1.92. The van der Waals surface area contributed by atoms with Gasteiger partial charge in [-0.25, -0.2) is 4.79 Å². The third kappa shape index (κ3) is 3.79. The summed E-state index contributed by atoms with van der Waals surface area (Å²) in [5, 5.41) is 14.9. The van der Waals surface area contributed by atoms with Gasteiger partial charge in [-0.3, -0.25) is 4.79 Å². The summed E-state index contributed by atoms with van der Waals surface area (Å²) in [4.78, 5) is 22.9. The van der Waals surface area contributed by atoms with Crippen LogP contribution in [0.15, 0.2) is 24.3 Å². The summed E-state index contributed by atoms with van der Waals surface area (Å²) in [6.07, 6.45) is 0.488. The fraction of sp³-hybridized carbons (Fsp3) is 0.429. The minimum atomic E-state index is -0.950. The molecule has 0 radical (unpaired) electrons. The summed E-state index contributed by atoms with van der Waals surface area (Å²) >= 11 is 0. The van der Waals surface area contributed by atoms with Crippen LogP contribution in [-0.4, -0.2) is 49.3 Å². The van der Waals surface area contributed by atoms with Crippen molar-refractivity contribution in [3.05, 3.63) is 35.4 Å². The second-order valence-corrected chi connectivity index (χ2v) is 4.58. The van der Waals surface area contributed by atoms with E-state index >= 15 is 0 Å². The van der Waals surface area contributed by atoms with Crippen molar-refractivity contribution in [2.24, 2.45) is 0 Å². The van der Waals surface area contributed by atoms with E-state index in [9.17, 15) is 9.59 Å². The number of carbonyl (C=O) groups excluding carboxylic acids is 1. The van der Waals surface area contributed by atoms with Gasteiger partial charge in [0.1, 0.15) is 6.04 Å². The van der Waals surface area contributed by atoms with Crippen molar-refractivity contribution in [1.29, 1.82) is 0 Å². The van der Waals surface area contributed by atoms with Crippen molar-refractivity contribution in [3.8, 4) is 0 Å². The minimum absolute atomic E-state index is 0.113. The monoisotopic (exact) mass is 278 g/mol. The second kappa shape index (κ2) is 7.02. The van der Waals surface area contributed by atoms with Crippen molar-refractivity contribution in [1.82, 2.24) is 10.6 Å². The zero-order valence-electron chi connectivity index (χ0n) is 11.1. The number of ether oxygens (including phenoxy) is 1. The third-order valence-electron chi connectivity index (χ3n) is 3.18. The van der Waals surface area contributed by atoms with Gasteiger partial charge in [-0.2, -0.15) is 0 Å². The number of carbonyl (C=O) groups is 2. The van der Waals surface area contributed by atoms with Crippen molar-refractivity contribution in [3.63, 3.8) is 0 Å². The van der Waals surface area contributed by atoms with E-state index in [2.05, 4.69) is 10.6 Å². The molecular weight excluding hydrogens is 260 g/mol. The number of nitrogens with one attached hydrogen (secondary N) is 2. The van der Waals surface area contributed by atoms with E-state index in [0.29, 0.717) is 38.3 Å². The maximum atomic E-state index is 11.8. The highest BCUT2D eigenvalue weighted by Gasteiger charge is 2.20. The van der Waals surface area contributed by atoms with Crippen LogP contribution in [0, 0.1) is 0 Å².